The van der Waals surface area contributed by atoms with E-state index >= 15 is 0 Å². The van der Waals surface area contributed by atoms with Crippen LogP contribution in [-0.2, 0) is 16.1 Å². The Bertz CT molecular complexity index is 768. The van der Waals surface area contributed by atoms with Crippen LogP contribution in [0.25, 0.3) is 0 Å². The first-order chi connectivity index (χ1) is 11.9. The molecule has 0 aliphatic rings. The van der Waals surface area contributed by atoms with Crippen molar-refractivity contribution in [2.75, 3.05) is 16.8 Å². The first-order valence-corrected chi connectivity index (χ1v) is 9.50. The van der Waals surface area contributed by atoms with E-state index in [0.29, 0.717) is 16.6 Å². The van der Waals surface area contributed by atoms with Gasteiger partial charge in [-0.1, -0.05) is 41.4 Å². The van der Waals surface area contributed by atoms with Crippen LogP contribution in [0.2, 0.25) is 10.0 Å². The first-order valence-electron chi connectivity index (χ1n) is 7.59. The summed E-state index contributed by atoms with van der Waals surface area (Å²) >= 11 is 13.1. The molecule has 0 heterocycles. The molecule has 0 saturated carbocycles. The summed E-state index contributed by atoms with van der Waals surface area (Å²) in [6.45, 7) is 2.28. The number of aryl methyl sites for hydroxylation is 1. The molecule has 2 aromatic rings. The van der Waals surface area contributed by atoms with E-state index in [2.05, 4.69) is 10.6 Å². The van der Waals surface area contributed by atoms with Gasteiger partial charge in [-0.2, -0.15) is 0 Å². The summed E-state index contributed by atoms with van der Waals surface area (Å²) in [6.07, 6.45) is 0. The van der Waals surface area contributed by atoms with Crippen LogP contribution in [0, 0.1) is 6.92 Å². The molecule has 25 heavy (non-hydrogen) atoms. The zero-order valence-corrected chi connectivity index (χ0v) is 16.0. The first kappa shape index (κ1) is 19.6. The van der Waals surface area contributed by atoms with Crippen molar-refractivity contribution in [3.63, 3.8) is 0 Å². The van der Waals surface area contributed by atoms with Crippen LogP contribution in [0.3, 0.4) is 0 Å². The number of rotatable bonds is 7. The maximum Gasteiger partial charge on any atom is 0.234 e. The van der Waals surface area contributed by atoms with Gasteiger partial charge in [0.2, 0.25) is 11.8 Å². The molecular formula is C18H18Cl2N2O2S. The highest BCUT2D eigenvalue weighted by Gasteiger charge is 2.07. The number of hydrogen-bond donors (Lipinski definition) is 2. The zero-order valence-electron chi connectivity index (χ0n) is 13.6. The van der Waals surface area contributed by atoms with Crippen molar-refractivity contribution in [1.29, 1.82) is 0 Å². The Hall–Kier alpha value is -1.69. The Morgan fingerprint density at radius 3 is 2.52 bits per heavy atom. The topological polar surface area (TPSA) is 58.2 Å². The van der Waals surface area contributed by atoms with Gasteiger partial charge in [-0.3, -0.25) is 9.59 Å². The molecule has 4 nitrogen and oxygen atoms in total. The predicted molar refractivity (Wildman–Crippen MR) is 105 cm³/mol. The molecule has 0 aliphatic heterocycles. The standard InChI is InChI=1S/C18H18Cl2N2O2S/c1-12-3-2-4-15(7-12)22-18(24)11-25-10-17(23)21-9-13-5-6-14(19)8-16(13)20/h2-8H,9-11H2,1H3,(H,21,23)(H,22,24). The summed E-state index contributed by atoms with van der Waals surface area (Å²) in [5, 5.41) is 6.64. The minimum absolute atomic E-state index is 0.135. The van der Waals surface area contributed by atoms with Crippen LogP contribution in [0.5, 0.6) is 0 Å². The van der Waals surface area contributed by atoms with E-state index in [1.807, 2.05) is 31.2 Å². The lowest BCUT2D eigenvalue weighted by Gasteiger charge is -2.08. The van der Waals surface area contributed by atoms with Crippen molar-refractivity contribution in [3.05, 3.63) is 63.6 Å². The number of carbonyl (C=O) groups is 2. The third-order valence-electron chi connectivity index (χ3n) is 3.26. The van der Waals surface area contributed by atoms with Gasteiger partial charge in [0.1, 0.15) is 0 Å². The van der Waals surface area contributed by atoms with Crippen LogP contribution in [-0.4, -0.2) is 23.3 Å². The minimum Gasteiger partial charge on any atom is -0.351 e. The average Bonchev–Trinajstić information content (AvgIpc) is 2.54. The van der Waals surface area contributed by atoms with Crippen LogP contribution in [0.4, 0.5) is 5.69 Å². The number of carbonyl (C=O) groups excluding carboxylic acids is 2. The number of halogens is 2. The zero-order chi connectivity index (χ0) is 18.2. The molecule has 0 spiro atoms. The highest BCUT2D eigenvalue weighted by molar-refractivity contribution is 8.00. The summed E-state index contributed by atoms with van der Waals surface area (Å²) in [5.74, 6) is 0.124. The van der Waals surface area contributed by atoms with Crippen LogP contribution in [0.15, 0.2) is 42.5 Å². The second-order valence-corrected chi connectivity index (χ2v) is 7.25. The molecule has 0 aromatic heterocycles. The number of hydrogen-bond acceptors (Lipinski definition) is 3. The van der Waals surface area contributed by atoms with Crippen molar-refractivity contribution in [2.24, 2.45) is 0 Å². The SMILES string of the molecule is Cc1cccc(NC(=O)CSCC(=O)NCc2ccc(Cl)cc2Cl)c1. The normalized spacial score (nSPS) is 10.4. The molecule has 0 aliphatic carbocycles. The number of benzene rings is 2. The molecular weight excluding hydrogens is 379 g/mol. The smallest absolute Gasteiger partial charge is 0.234 e. The van der Waals surface area contributed by atoms with Crippen molar-refractivity contribution in [1.82, 2.24) is 5.32 Å². The van der Waals surface area contributed by atoms with E-state index in [0.717, 1.165) is 16.8 Å². The molecule has 2 N–H and O–H groups in total. The van der Waals surface area contributed by atoms with Gasteiger partial charge in [0.05, 0.1) is 11.5 Å². The van der Waals surface area contributed by atoms with Gasteiger partial charge in [-0.25, -0.2) is 0 Å². The fourth-order valence-corrected chi connectivity index (χ4v) is 3.19. The fraction of sp³-hybridized carbons (Fsp3) is 0.222. The molecule has 2 rings (SSSR count). The van der Waals surface area contributed by atoms with E-state index in [1.54, 1.807) is 18.2 Å². The number of nitrogens with one attached hydrogen (secondary N) is 2. The summed E-state index contributed by atoms with van der Waals surface area (Å²) in [7, 11) is 0. The fourth-order valence-electron chi connectivity index (χ4n) is 2.07. The summed E-state index contributed by atoms with van der Waals surface area (Å²) in [4.78, 5) is 23.7. The van der Waals surface area contributed by atoms with Gasteiger partial charge in [-0.15, -0.1) is 11.8 Å². The lowest BCUT2D eigenvalue weighted by molar-refractivity contribution is -0.118. The van der Waals surface area contributed by atoms with Crippen LogP contribution in [0.1, 0.15) is 11.1 Å². The van der Waals surface area contributed by atoms with Gasteiger partial charge in [0.15, 0.2) is 0 Å². The van der Waals surface area contributed by atoms with E-state index in [9.17, 15) is 9.59 Å². The minimum atomic E-state index is -0.153. The summed E-state index contributed by atoms with van der Waals surface area (Å²) in [5.41, 5.74) is 2.62. The number of amides is 2. The molecule has 0 saturated heterocycles. The number of anilines is 1. The third kappa shape index (κ3) is 6.98. The summed E-state index contributed by atoms with van der Waals surface area (Å²) < 4.78 is 0. The largest absolute Gasteiger partial charge is 0.351 e. The maximum atomic E-state index is 11.9. The lowest BCUT2D eigenvalue weighted by Crippen LogP contribution is -2.25. The molecule has 0 fully saturated rings. The van der Waals surface area contributed by atoms with Crippen LogP contribution < -0.4 is 10.6 Å². The quantitative estimate of drug-likeness (QED) is 0.733. The highest BCUT2D eigenvalue weighted by Crippen LogP contribution is 2.20. The van der Waals surface area contributed by atoms with Gasteiger partial charge < -0.3 is 10.6 Å². The Morgan fingerprint density at radius 1 is 1.04 bits per heavy atom. The molecule has 2 aromatic carbocycles. The monoisotopic (exact) mass is 396 g/mol. The van der Waals surface area contributed by atoms with Gasteiger partial charge >= 0.3 is 0 Å². The van der Waals surface area contributed by atoms with Gasteiger partial charge in [0.25, 0.3) is 0 Å². The summed E-state index contributed by atoms with van der Waals surface area (Å²) in [6, 6.07) is 12.7. The van der Waals surface area contributed by atoms with Crippen molar-refractivity contribution < 1.29 is 9.59 Å². The predicted octanol–water partition coefficient (Wildman–Crippen LogP) is 4.29. The van der Waals surface area contributed by atoms with Crippen molar-refractivity contribution in [2.45, 2.75) is 13.5 Å². The Balaban J connectivity index is 1.68. The van der Waals surface area contributed by atoms with Gasteiger partial charge in [-0.05, 0) is 42.3 Å². The van der Waals surface area contributed by atoms with Crippen molar-refractivity contribution >= 4 is 52.5 Å². The molecule has 132 valence electrons. The van der Waals surface area contributed by atoms with Gasteiger partial charge in [0, 0.05) is 22.3 Å². The lowest BCUT2D eigenvalue weighted by atomic mass is 10.2. The molecule has 7 heteroatoms. The van der Waals surface area contributed by atoms with Crippen LogP contribution >= 0.6 is 35.0 Å². The third-order valence-corrected chi connectivity index (χ3v) is 4.78. The highest BCUT2D eigenvalue weighted by atomic mass is 35.5. The second kappa shape index (κ2) is 9.70. The molecule has 0 unspecified atom stereocenters. The number of thioether (sulfide) groups is 1. The van der Waals surface area contributed by atoms with E-state index in [4.69, 9.17) is 23.2 Å². The Kier molecular flexibility index (Phi) is 7.62. The van der Waals surface area contributed by atoms with E-state index < -0.39 is 0 Å². The second-order valence-electron chi connectivity index (χ2n) is 5.42. The Labute approximate surface area is 161 Å². The van der Waals surface area contributed by atoms with E-state index in [1.165, 1.54) is 11.8 Å². The molecule has 0 radical (unpaired) electrons. The Morgan fingerprint density at radius 2 is 1.80 bits per heavy atom. The molecule has 0 atom stereocenters. The average molecular weight is 397 g/mol. The molecule has 2 amide bonds. The maximum absolute atomic E-state index is 11.9. The van der Waals surface area contributed by atoms with E-state index in [-0.39, 0.29) is 23.3 Å². The molecule has 0 bridgehead atoms. The van der Waals surface area contributed by atoms with Crippen molar-refractivity contribution in [3.8, 4) is 0 Å².